The summed E-state index contributed by atoms with van der Waals surface area (Å²) in [6.45, 7) is 0.144. The van der Waals surface area contributed by atoms with Crippen LogP contribution in [0.25, 0.3) is 44.5 Å². The topological polar surface area (TPSA) is 146 Å². The van der Waals surface area contributed by atoms with Crippen LogP contribution in [0.15, 0.2) is 41.5 Å². The molecule has 1 aromatic carbocycles. The lowest BCUT2D eigenvalue weighted by Gasteiger charge is -2.13. The third kappa shape index (κ3) is 5.22. The fourth-order valence-electron chi connectivity index (χ4n) is 5.72. The number of ether oxygens (including phenoxy) is 1. The highest BCUT2D eigenvalue weighted by molar-refractivity contribution is 6.14. The van der Waals surface area contributed by atoms with Gasteiger partial charge in [-0.2, -0.15) is 4.39 Å². The average Bonchev–Trinajstić information content (AvgIpc) is 3.74. The maximum absolute atomic E-state index is 15.0. The molecule has 1 aliphatic carbocycles. The highest BCUT2D eigenvalue weighted by Crippen LogP contribution is 2.43. The molecule has 4 N–H and O–H groups in total. The second-order valence-corrected chi connectivity index (χ2v) is 10.3. The van der Waals surface area contributed by atoms with Crippen molar-refractivity contribution < 1.29 is 19.0 Å². The number of carbonyl (C=O) groups excluding carboxylic acids is 1. The number of rotatable bonds is 6. The lowest BCUT2D eigenvalue weighted by molar-refractivity contribution is 0.182. The van der Waals surface area contributed by atoms with Gasteiger partial charge in [-0.1, -0.05) is 37.1 Å². The standard InChI is InChI=1S/C27H29FN6O2.C2H5NO2/c1-32-15-19(25(28)31-32)23-21(17-11-9-16(10-12-17)6-5-13-35)22-24-20(14-29-26(22)30-23)33(2)27(36)34(24)18-7-3-4-8-18;1-5-2(3)4/h9-12,14-15,18,35H,3-8,13H2,1-2H3,(H,29,30);1H3,(H2,3,4). The monoisotopic (exact) mass is 563 g/mol. The Hall–Kier alpha value is -4.45. The number of halogens is 1. The number of aliphatic hydroxyl groups is 1. The minimum absolute atomic E-state index is 0.0493. The second-order valence-electron chi connectivity index (χ2n) is 10.3. The number of amides is 1. The highest BCUT2D eigenvalue weighted by Gasteiger charge is 2.28. The second kappa shape index (κ2) is 11.6. The number of hydrogen-bond acceptors (Lipinski definition) is 6. The lowest BCUT2D eigenvalue weighted by Crippen LogP contribution is -2.24. The van der Waals surface area contributed by atoms with Crippen LogP contribution in [0.4, 0.5) is 9.18 Å². The van der Waals surface area contributed by atoms with Crippen LogP contribution < -0.4 is 11.4 Å². The van der Waals surface area contributed by atoms with Gasteiger partial charge in [0.05, 0.1) is 41.0 Å². The number of pyridine rings is 1. The molecule has 6 rings (SSSR count). The number of H-pyrrole nitrogens is 1. The molecule has 0 spiro atoms. The van der Waals surface area contributed by atoms with Gasteiger partial charge in [-0.15, -0.1) is 5.10 Å². The average molecular weight is 564 g/mol. The number of aromatic amines is 1. The van der Waals surface area contributed by atoms with E-state index in [0.29, 0.717) is 23.3 Å². The molecule has 216 valence electrons. The Kier molecular flexibility index (Phi) is 7.93. The normalized spacial score (nSPS) is 13.6. The van der Waals surface area contributed by atoms with Gasteiger partial charge in [0.25, 0.3) is 0 Å². The summed E-state index contributed by atoms with van der Waals surface area (Å²) >= 11 is 0. The maximum atomic E-state index is 15.0. The van der Waals surface area contributed by atoms with Gasteiger partial charge in [0.15, 0.2) is 0 Å². The number of carbonyl (C=O) groups is 1. The van der Waals surface area contributed by atoms with Crippen LogP contribution in [0.1, 0.15) is 43.7 Å². The number of nitrogens with two attached hydrogens (primary N) is 1. The molecule has 0 atom stereocenters. The Bertz CT molecular complexity index is 1760. The predicted octanol–water partition coefficient (Wildman–Crippen LogP) is 4.17. The van der Waals surface area contributed by atoms with Gasteiger partial charge in [0.2, 0.25) is 5.95 Å². The summed E-state index contributed by atoms with van der Waals surface area (Å²) in [4.78, 5) is 30.8. The molecule has 0 bridgehead atoms. The molecule has 0 unspecified atom stereocenters. The van der Waals surface area contributed by atoms with Crippen molar-refractivity contribution in [2.24, 2.45) is 19.8 Å². The number of imidazole rings is 1. The van der Waals surface area contributed by atoms with Crippen molar-refractivity contribution >= 4 is 28.2 Å². The van der Waals surface area contributed by atoms with E-state index in [9.17, 15) is 19.1 Å². The Morgan fingerprint density at radius 3 is 2.49 bits per heavy atom. The number of nitrogens with one attached hydrogen (secondary N) is 1. The molecule has 5 aromatic rings. The summed E-state index contributed by atoms with van der Waals surface area (Å²) < 4.78 is 23.9. The maximum Gasteiger partial charge on any atom is 0.404 e. The van der Waals surface area contributed by atoms with Crippen molar-refractivity contribution in [1.82, 2.24) is 28.9 Å². The van der Waals surface area contributed by atoms with Crippen LogP contribution in [0, 0.1) is 5.95 Å². The number of aryl methyl sites for hydroxylation is 3. The van der Waals surface area contributed by atoms with E-state index in [1.165, 1.54) is 11.8 Å². The number of methoxy groups -OCH3 is 1. The molecule has 1 aliphatic rings. The molecule has 41 heavy (non-hydrogen) atoms. The number of aromatic nitrogens is 6. The fraction of sp³-hybridized carbons (Fsp3) is 0.379. The largest absolute Gasteiger partial charge is 0.453 e. The van der Waals surface area contributed by atoms with E-state index in [-0.39, 0.29) is 18.3 Å². The van der Waals surface area contributed by atoms with Gasteiger partial charge in [-0.05, 0) is 36.8 Å². The minimum Gasteiger partial charge on any atom is -0.453 e. The van der Waals surface area contributed by atoms with Crippen LogP contribution >= 0.6 is 0 Å². The Balaban J connectivity index is 0.000000623. The van der Waals surface area contributed by atoms with Crippen molar-refractivity contribution in [3.8, 4) is 22.4 Å². The molecular formula is C29H34FN7O4. The number of hydrogen-bond donors (Lipinski definition) is 3. The van der Waals surface area contributed by atoms with Gasteiger partial charge >= 0.3 is 11.8 Å². The summed E-state index contributed by atoms with van der Waals surface area (Å²) in [6, 6.07) is 8.25. The van der Waals surface area contributed by atoms with Crippen LogP contribution in [0.3, 0.4) is 0 Å². The van der Waals surface area contributed by atoms with Crippen molar-refractivity contribution in [2.75, 3.05) is 13.7 Å². The van der Waals surface area contributed by atoms with Crippen molar-refractivity contribution in [1.29, 1.82) is 0 Å². The van der Waals surface area contributed by atoms with Gasteiger partial charge in [0.1, 0.15) is 5.65 Å². The van der Waals surface area contributed by atoms with Crippen LogP contribution in [0.2, 0.25) is 0 Å². The molecule has 0 saturated heterocycles. The third-order valence-corrected chi connectivity index (χ3v) is 7.68. The molecule has 0 aliphatic heterocycles. The first kappa shape index (κ1) is 28.1. The van der Waals surface area contributed by atoms with Crippen LogP contribution in [-0.2, 0) is 25.3 Å². The summed E-state index contributed by atoms with van der Waals surface area (Å²) in [5.74, 6) is -0.567. The summed E-state index contributed by atoms with van der Waals surface area (Å²) in [5, 5.41) is 13.9. The number of benzene rings is 1. The first-order valence-electron chi connectivity index (χ1n) is 13.6. The van der Waals surface area contributed by atoms with Crippen molar-refractivity contribution in [3.63, 3.8) is 0 Å². The molecule has 1 fully saturated rings. The van der Waals surface area contributed by atoms with E-state index in [0.717, 1.165) is 65.2 Å². The molecule has 11 nitrogen and oxygen atoms in total. The first-order valence-corrected chi connectivity index (χ1v) is 13.6. The highest BCUT2D eigenvalue weighted by atomic mass is 19.1. The van der Waals surface area contributed by atoms with E-state index in [1.807, 2.05) is 28.8 Å². The Morgan fingerprint density at radius 1 is 1.22 bits per heavy atom. The van der Waals surface area contributed by atoms with Gasteiger partial charge in [-0.25, -0.2) is 14.6 Å². The molecule has 1 saturated carbocycles. The summed E-state index contributed by atoms with van der Waals surface area (Å²) in [5.41, 5.74) is 10.4. The summed E-state index contributed by atoms with van der Waals surface area (Å²) in [6.07, 6.45) is 8.24. The predicted molar refractivity (Wildman–Crippen MR) is 154 cm³/mol. The zero-order valence-electron chi connectivity index (χ0n) is 23.4. The minimum atomic E-state index is -0.745. The van der Waals surface area contributed by atoms with E-state index in [1.54, 1.807) is 31.1 Å². The number of primary amides is 1. The Labute approximate surface area is 235 Å². The van der Waals surface area contributed by atoms with Crippen molar-refractivity contribution in [2.45, 2.75) is 44.6 Å². The molecule has 4 heterocycles. The summed E-state index contributed by atoms with van der Waals surface area (Å²) in [7, 11) is 4.70. The van der Waals surface area contributed by atoms with Gasteiger partial charge in [-0.3, -0.25) is 13.8 Å². The fourth-order valence-corrected chi connectivity index (χ4v) is 5.72. The third-order valence-electron chi connectivity index (χ3n) is 7.68. The van der Waals surface area contributed by atoms with E-state index < -0.39 is 12.0 Å². The van der Waals surface area contributed by atoms with Crippen LogP contribution in [0.5, 0.6) is 0 Å². The van der Waals surface area contributed by atoms with Gasteiger partial charge in [0, 0.05) is 38.5 Å². The van der Waals surface area contributed by atoms with Gasteiger partial charge < -0.3 is 20.6 Å². The van der Waals surface area contributed by atoms with Crippen molar-refractivity contribution in [3.05, 3.63) is 58.7 Å². The molecule has 1 amide bonds. The van der Waals surface area contributed by atoms with E-state index in [2.05, 4.69) is 25.5 Å². The number of fused-ring (bicyclic) bond motifs is 3. The van der Waals surface area contributed by atoms with E-state index >= 15 is 0 Å². The quantitative estimate of drug-likeness (QED) is 0.283. The Morgan fingerprint density at radius 2 is 1.90 bits per heavy atom. The molecular weight excluding hydrogens is 529 g/mol. The zero-order chi connectivity index (χ0) is 29.3. The lowest BCUT2D eigenvalue weighted by atomic mass is 9.97. The van der Waals surface area contributed by atoms with Crippen LogP contribution in [-0.4, -0.2) is 53.8 Å². The smallest absolute Gasteiger partial charge is 0.404 e. The zero-order valence-corrected chi connectivity index (χ0v) is 23.4. The molecule has 12 heteroatoms. The van der Waals surface area contributed by atoms with E-state index in [4.69, 9.17) is 0 Å². The SMILES string of the molecule is COC(N)=O.Cn1cc(-c2[nH]c3ncc4c(c3c2-c2ccc(CCCO)cc2)n(C2CCCC2)c(=O)n4C)c(F)n1. The number of nitrogens with zero attached hydrogens (tertiary/aromatic N) is 5. The molecule has 4 aromatic heterocycles. The molecule has 0 radical (unpaired) electrons. The first-order chi connectivity index (χ1) is 19.7. The number of aliphatic hydroxyl groups excluding tert-OH is 1.